The summed E-state index contributed by atoms with van der Waals surface area (Å²) < 4.78 is 5.52. The van der Waals surface area contributed by atoms with Gasteiger partial charge in [0, 0.05) is 50.2 Å². The van der Waals surface area contributed by atoms with Crippen molar-refractivity contribution >= 4 is 46.8 Å². The average Bonchev–Trinajstić information content (AvgIpc) is 3.34. The Morgan fingerprint density at radius 1 is 1.17 bits per heavy atom. The van der Waals surface area contributed by atoms with Crippen molar-refractivity contribution in [1.82, 2.24) is 4.90 Å². The summed E-state index contributed by atoms with van der Waals surface area (Å²) in [5.41, 5.74) is 1.35. The largest absolute Gasteiger partial charge is 0.481 e. The first-order chi connectivity index (χ1) is 19.9. The number of carboxylic acid groups (broad SMARTS) is 1. The van der Waals surface area contributed by atoms with Crippen LogP contribution in [0.25, 0.3) is 0 Å². The number of fused-ring (bicyclic) bond motifs is 1. The number of unbranched alkanes of at least 4 members (excludes halogenated alkanes) is 1. The van der Waals surface area contributed by atoms with Gasteiger partial charge in [0.15, 0.2) is 0 Å². The summed E-state index contributed by atoms with van der Waals surface area (Å²) >= 11 is 6.09. The maximum Gasteiger partial charge on any atom is 0.410 e. The molecule has 224 valence electrons. The molecule has 3 aliphatic heterocycles. The van der Waals surface area contributed by atoms with Crippen molar-refractivity contribution in [3.63, 3.8) is 0 Å². The Balaban J connectivity index is 1.30. The minimum Gasteiger partial charge on any atom is -0.481 e. The minimum atomic E-state index is -0.843. The molecule has 42 heavy (non-hydrogen) atoms. The van der Waals surface area contributed by atoms with E-state index in [1.165, 1.54) is 0 Å². The first kappa shape index (κ1) is 29.8. The number of halogens is 1. The summed E-state index contributed by atoms with van der Waals surface area (Å²) in [5.74, 6) is -0.798. The lowest BCUT2D eigenvalue weighted by Crippen LogP contribution is -2.49. The number of carbonyl (C=O) groups is 3. The molecule has 0 radical (unpaired) electrons. The monoisotopic (exact) mass is 596 g/mol. The first-order valence-corrected chi connectivity index (χ1v) is 14.8. The number of allylic oxidation sites excluding steroid dienone is 2. The number of carbonyl (C=O) groups excluding carboxylic acids is 2. The molecule has 10 nitrogen and oxygen atoms in total. The molecule has 0 aromatic heterocycles. The van der Waals surface area contributed by atoms with Crippen molar-refractivity contribution in [1.29, 1.82) is 0 Å². The maximum atomic E-state index is 13.8. The number of ether oxygens (including phenoxy) is 1. The van der Waals surface area contributed by atoms with Crippen LogP contribution in [0.4, 0.5) is 10.5 Å². The number of aliphatic imine (C=N–C) groups is 1. The fourth-order valence-corrected chi connectivity index (χ4v) is 5.80. The van der Waals surface area contributed by atoms with Gasteiger partial charge >= 0.3 is 12.1 Å². The van der Waals surface area contributed by atoms with Crippen molar-refractivity contribution in [2.75, 3.05) is 18.0 Å². The summed E-state index contributed by atoms with van der Waals surface area (Å²) in [6, 6.07) is 6.65. The molecule has 1 aromatic rings. The van der Waals surface area contributed by atoms with Gasteiger partial charge in [0.1, 0.15) is 17.0 Å². The van der Waals surface area contributed by atoms with E-state index in [9.17, 15) is 14.4 Å². The molecule has 1 aromatic carbocycles. The second kappa shape index (κ2) is 11.9. The third-order valence-electron chi connectivity index (χ3n) is 7.89. The van der Waals surface area contributed by atoms with Crippen molar-refractivity contribution in [3.05, 3.63) is 53.1 Å². The summed E-state index contributed by atoms with van der Waals surface area (Å²) in [6.07, 6.45) is 9.01. The van der Waals surface area contributed by atoms with Gasteiger partial charge in [-0.15, -0.1) is 0 Å². The lowest BCUT2D eigenvalue weighted by molar-refractivity contribution is -0.137. The predicted molar refractivity (Wildman–Crippen MR) is 160 cm³/mol. The molecule has 1 aliphatic carbocycles. The lowest BCUT2D eigenvalue weighted by atomic mass is 9.82. The maximum absolute atomic E-state index is 13.8. The van der Waals surface area contributed by atoms with Crippen LogP contribution in [-0.2, 0) is 19.2 Å². The summed E-state index contributed by atoms with van der Waals surface area (Å²) in [7, 11) is 0. The standard InChI is InChI=1S/C31H37ClN4O6/c1-30(2,3)41-29(40)35-16-14-31(15-17-35)19-25(34-42-31)20-8-13-23-24(18-20)33-26(6-4-5-7-27(37)38)36(28(23)39)22-11-9-21(32)10-12-22/h8-13,18,23-24H,4-7,14-17,19H2,1-3H3,(H,37,38). The zero-order valence-corrected chi connectivity index (χ0v) is 25.0. The molecule has 2 amide bonds. The quantitative estimate of drug-likeness (QED) is 0.400. The number of piperidine rings is 1. The van der Waals surface area contributed by atoms with Crippen LogP contribution in [0.2, 0.25) is 5.02 Å². The Morgan fingerprint density at radius 2 is 1.88 bits per heavy atom. The van der Waals surface area contributed by atoms with Crippen molar-refractivity contribution in [2.45, 2.75) is 83.0 Å². The molecule has 2 atom stereocenters. The summed E-state index contributed by atoms with van der Waals surface area (Å²) in [6.45, 7) is 6.62. The highest BCUT2D eigenvalue weighted by atomic mass is 35.5. The van der Waals surface area contributed by atoms with Gasteiger partial charge in [-0.25, -0.2) is 4.79 Å². The van der Waals surface area contributed by atoms with Crippen LogP contribution in [0.15, 0.2) is 58.2 Å². The van der Waals surface area contributed by atoms with E-state index >= 15 is 0 Å². The number of amides is 2. The third kappa shape index (κ3) is 6.69. The number of anilines is 1. The SMILES string of the molecule is CC(C)(C)OC(=O)N1CCC2(CC1)CC(C1=CC3N=C(CCCCC(=O)O)N(c4ccc(Cl)cc4)C(=O)C3C=C1)=NO2. The Kier molecular flexibility index (Phi) is 8.46. The Bertz CT molecular complexity index is 1350. The molecule has 1 fully saturated rings. The van der Waals surface area contributed by atoms with Crippen LogP contribution < -0.4 is 4.90 Å². The number of hydrogen-bond acceptors (Lipinski definition) is 7. The predicted octanol–water partition coefficient (Wildman–Crippen LogP) is 5.76. The number of rotatable bonds is 7. The Hall–Kier alpha value is -3.66. The average molecular weight is 597 g/mol. The van der Waals surface area contributed by atoms with Crippen molar-refractivity contribution in [3.8, 4) is 0 Å². The van der Waals surface area contributed by atoms with E-state index in [0.717, 1.165) is 11.3 Å². The molecule has 2 unspecified atom stereocenters. The van der Waals surface area contributed by atoms with Gasteiger partial charge in [-0.3, -0.25) is 19.5 Å². The van der Waals surface area contributed by atoms with E-state index in [1.54, 1.807) is 34.1 Å². The molecule has 0 saturated carbocycles. The molecule has 1 N–H and O–H groups in total. The molecule has 11 heteroatoms. The second-order valence-corrected chi connectivity index (χ2v) is 12.7. The highest BCUT2D eigenvalue weighted by Crippen LogP contribution is 2.39. The van der Waals surface area contributed by atoms with Crippen molar-refractivity contribution < 1.29 is 29.1 Å². The molecule has 5 rings (SSSR count). The third-order valence-corrected chi connectivity index (χ3v) is 8.14. The van der Waals surface area contributed by atoms with Crippen LogP contribution >= 0.6 is 11.6 Å². The Morgan fingerprint density at radius 3 is 2.55 bits per heavy atom. The number of oxime groups is 1. The molecule has 4 aliphatic rings. The number of amidine groups is 1. The van der Waals surface area contributed by atoms with Gasteiger partial charge in [0.05, 0.1) is 23.4 Å². The topological polar surface area (TPSA) is 121 Å². The van der Waals surface area contributed by atoms with Crippen LogP contribution in [-0.4, -0.2) is 69.9 Å². The summed E-state index contributed by atoms with van der Waals surface area (Å²) in [5, 5.41) is 14.0. The number of nitrogens with zero attached hydrogens (tertiary/aromatic N) is 4. The zero-order valence-electron chi connectivity index (χ0n) is 24.2. The Labute approximate surface area is 250 Å². The number of likely N-dealkylation sites (tertiary alicyclic amines) is 1. The van der Waals surface area contributed by atoms with Gasteiger partial charge in [-0.05, 0) is 69.5 Å². The summed E-state index contributed by atoms with van der Waals surface area (Å²) in [4.78, 5) is 51.6. The van der Waals surface area contributed by atoms with E-state index in [1.807, 2.05) is 39.0 Å². The van der Waals surface area contributed by atoms with E-state index in [2.05, 4.69) is 5.16 Å². The van der Waals surface area contributed by atoms with Crippen LogP contribution in [0.5, 0.6) is 0 Å². The van der Waals surface area contributed by atoms with Crippen molar-refractivity contribution in [2.24, 2.45) is 16.1 Å². The second-order valence-electron chi connectivity index (χ2n) is 12.3. The number of benzene rings is 1. The number of aliphatic carboxylic acids is 1. The van der Waals surface area contributed by atoms with E-state index in [0.29, 0.717) is 68.2 Å². The minimum absolute atomic E-state index is 0.0676. The molecule has 1 spiro atoms. The smallest absolute Gasteiger partial charge is 0.410 e. The highest BCUT2D eigenvalue weighted by molar-refractivity contribution is 6.30. The van der Waals surface area contributed by atoms with Gasteiger partial charge in [0.25, 0.3) is 0 Å². The van der Waals surface area contributed by atoms with Crippen LogP contribution in [0.3, 0.4) is 0 Å². The van der Waals surface area contributed by atoms with Gasteiger partial charge in [-0.1, -0.05) is 28.9 Å². The van der Waals surface area contributed by atoms with Gasteiger partial charge in [-0.2, -0.15) is 0 Å². The molecular formula is C31H37ClN4O6. The van der Waals surface area contributed by atoms with Crippen LogP contribution in [0.1, 0.15) is 65.7 Å². The fraction of sp³-hybridized carbons (Fsp3) is 0.516. The van der Waals surface area contributed by atoms with E-state index < -0.39 is 29.1 Å². The highest BCUT2D eigenvalue weighted by Gasteiger charge is 2.45. The van der Waals surface area contributed by atoms with E-state index in [4.69, 9.17) is 31.3 Å². The molecule has 1 saturated heterocycles. The first-order valence-electron chi connectivity index (χ1n) is 14.4. The van der Waals surface area contributed by atoms with Gasteiger partial charge in [0.2, 0.25) is 5.91 Å². The normalized spacial score (nSPS) is 23.1. The van der Waals surface area contributed by atoms with Gasteiger partial charge < -0.3 is 19.6 Å². The lowest BCUT2D eigenvalue weighted by Gasteiger charge is -2.38. The number of carboxylic acids is 1. The molecule has 0 bridgehead atoms. The fourth-order valence-electron chi connectivity index (χ4n) is 5.68. The zero-order chi connectivity index (χ0) is 30.1. The number of hydrogen-bond donors (Lipinski definition) is 1. The molecular weight excluding hydrogens is 560 g/mol. The van der Waals surface area contributed by atoms with Crippen LogP contribution in [0, 0.1) is 5.92 Å². The molecule has 3 heterocycles. The van der Waals surface area contributed by atoms with E-state index in [-0.39, 0.29) is 18.4 Å².